The van der Waals surface area contributed by atoms with Crippen molar-refractivity contribution in [1.29, 1.82) is 0 Å². The summed E-state index contributed by atoms with van der Waals surface area (Å²) in [6.45, 7) is 6.55. The Balaban J connectivity index is 2.52. The van der Waals surface area contributed by atoms with Crippen molar-refractivity contribution < 1.29 is 4.79 Å². The molecular formula is C15H27NO. The van der Waals surface area contributed by atoms with Crippen molar-refractivity contribution in [1.82, 2.24) is 5.32 Å². The van der Waals surface area contributed by atoms with Crippen LogP contribution in [-0.2, 0) is 4.79 Å². The van der Waals surface area contributed by atoms with Crippen LogP contribution in [0.4, 0.5) is 0 Å². The van der Waals surface area contributed by atoms with E-state index in [2.05, 4.69) is 26.1 Å². The van der Waals surface area contributed by atoms with Gasteiger partial charge in [0.15, 0.2) is 5.78 Å². The van der Waals surface area contributed by atoms with Crippen LogP contribution in [0.3, 0.4) is 0 Å². The first-order chi connectivity index (χ1) is 8.22. The Hall–Kier alpha value is -0.790. The number of nitrogens with one attached hydrogen (secondary N) is 1. The molecule has 1 heterocycles. The lowest BCUT2D eigenvalue weighted by molar-refractivity contribution is -0.120. The van der Waals surface area contributed by atoms with Gasteiger partial charge in [0.2, 0.25) is 0 Å². The molecule has 0 aliphatic carbocycles. The number of hydrogen-bond acceptors (Lipinski definition) is 2. The summed E-state index contributed by atoms with van der Waals surface area (Å²) in [7, 11) is 0. The monoisotopic (exact) mass is 237 g/mol. The van der Waals surface area contributed by atoms with Gasteiger partial charge in [0.25, 0.3) is 0 Å². The largest absolute Gasteiger partial charge is 0.378 e. The fourth-order valence-corrected chi connectivity index (χ4v) is 2.51. The summed E-state index contributed by atoms with van der Waals surface area (Å²) >= 11 is 0. The first-order valence-corrected chi connectivity index (χ1v) is 7.23. The second-order valence-electron chi connectivity index (χ2n) is 5.05. The average molecular weight is 237 g/mol. The molecule has 0 aromatic heterocycles. The lowest BCUT2D eigenvalue weighted by Crippen LogP contribution is -2.31. The normalized spacial score (nSPS) is 19.6. The molecule has 0 radical (unpaired) electrons. The quantitative estimate of drug-likeness (QED) is 0.692. The zero-order valence-electron chi connectivity index (χ0n) is 11.6. The van der Waals surface area contributed by atoms with Gasteiger partial charge < -0.3 is 5.32 Å². The van der Waals surface area contributed by atoms with Crippen LogP contribution in [0.5, 0.6) is 0 Å². The minimum Gasteiger partial charge on any atom is -0.378 e. The molecule has 0 spiro atoms. The van der Waals surface area contributed by atoms with E-state index in [4.69, 9.17) is 0 Å². The Bertz CT molecular complexity index is 263. The number of ketones is 1. The van der Waals surface area contributed by atoms with Gasteiger partial charge in [0, 0.05) is 12.1 Å². The standard InChI is InChI=1S/C15H27NO/c1-4-7-10-15(17)14-11-12(8-5-2)13(16-14)9-6-3/h14,16H,4-11H2,1-3H3. The maximum Gasteiger partial charge on any atom is 0.155 e. The summed E-state index contributed by atoms with van der Waals surface area (Å²) in [5.74, 6) is 0.409. The maximum absolute atomic E-state index is 12.0. The Labute approximate surface area is 106 Å². The molecule has 1 aliphatic rings. The zero-order valence-corrected chi connectivity index (χ0v) is 11.6. The van der Waals surface area contributed by atoms with Crippen molar-refractivity contribution in [3.05, 3.63) is 11.3 Å². The highest BCUT2D eigenvalue weighted by molar-refractivity contribution is 5.85. The molecule has 0 aromatic rings. The summed E-state index contributed by atoms with van der Waals surface area (Å²) in [6.07, 6.45) is 8.44. The fraction of sp³-hybridized carbons (Fsp3) is 0.800. The second kappa shape index (κ2) is 7.52. The molecule has 2 heteroatoms. The van der Waals surface area contributed by atoms with Crippen molar-refractivity contribution in [2.24, 2.45) is 0 Å². The van der Waals surface area contributed by atoms with Crippen LogP contribution in [-0.4, -0.2) is 11.8 Å². The van der Waals surface area contributed by atoms with Crippen LogP contribution in [0.1, 0.15) is 72.1 Å². The molecule has 1 unspecified atom stereocenters. The number of carbonyl (C=O) groups is 1. The summed E-state index contributed by atoms with van der Waals surface area (Å²) in [4.78, 5) is 12.0. The van der Waals surface area contributed by atoms with Crippen molar-refractivity contribution in [2.75, 3.05) is 0 Å². The number of carbonyl (C=O) groups excluding carboxylic acids is 1. The van der Waals surface area contributed by atoms with Gasteiger partial charge in [0.1, 0.15) is 0 Å². The molecule has 1 rings (SSSR count). The summed E-state index contributed by atoms with van der Waals surface area (Å²) < 4.78 is 0. The van der Waals surface area contributed by atoms with E-state index >= 15 is 0 Å². The number of rotatable bonds is 8. The molecule has 0 amide bonds. The van der Waals surface area contributed by atoms with Crippen LogP contribution in [0.2, 0.25) is 0 Å². The summed E-state index contributed by atoms with van der Waals surface area (Å²) in [6, 6.07) is 0.0876. The SMILES string of the molecule is CCCCC(=O)C1CC(CCC)=C(CCC)N1. The van der Waals surface area contributed by atoms with E-state index in [0.29, 0.717) is 5.78 Å². The molecule has 98 valence electrons. The van der Waals surface area contributed by atoms with Gasteiger partial charge in [-0.05, 0) is 31.3 Å². The minimum atomic E-state index is 0.0876. The third-order valence-electron chi connectivity index (χ3n) is 3.44. The van der Waals surface area contributed by atoms with Crippen LogP contribution in [0.25, 0.3) is 0 Å². The van der Waals surface area contributed by atoms with Crippen molar-refractivity contribution in [3.63, 3.8) is 0 Å². The Kier molecular flexibility index (Phi) is 6.31. The predicted molar refractivity (Wildman–Crippen MR) is 72.9 cm³/mol. The molecular weight excluding hydrogens is 210 g/mol. The van der Waals surface area contributed by atoms with Crippen molar-refractivity contribution in [2.45, 2.75) is 78.2 Å². The van der Waals surface area contributed by atoms with Gasteiger partial charge in [-0.3, -0.25) is 4.79 Å². The van der Waals surface area contributed by atoms with Crippen LogP contribution in [0, 0.1) is 0 Å². The fourth-order valence-electron chi connectivity index (χ4n) is 2.51. The van der Waals surface area contributed by atoms with E-state index in [-0.39, 0.29) is 6.04 Å². The van der Waals surface area contributed by atoms with Gasteiger partial charge in [-0.15, -0.1) is 0 Å². The van der Waals surface area contributed by atoms with Gasteiger partial charge in [-0.1, -0.05) is 40.0 Å². The molecule has 0 fully saturated rings. The Morgan fingerprint density at radius 3 is 2.47 bits per heavy atom. The van der Waals surface area contributed by atoms with E-state index in [9.17, 15) is 4.79 Å². The minimum absolute atomic E-state index is 0.0876. The molecule has 0 aromatic carbocycles. The van der Waals surface area contributed by atoms with Crippen molar-refractivity contribution >= 4 is 5.78 Å². The lowest BCUT2D eigenvalue weighted by Gasteiger charge is -2.11. The third kappa shape index (κ3) is 4.18. The second-order valence-corrected chi connectivity index (χ2v) is 5.05. The highest BCUT2D eigenvalue weighted by atomic mass is 16.1. The first kappa shape index (κ1) is 14.3. The summed E-state index contributed by atoms with van der Waals surface area (Å²) in [5, 5.41) is 3.47. The molecule has 1 aliphatic heterocycles. The third-order valence-corrected chi connectivity index (χ3v) is 3.44. The highest BCUT2D eigenvalue weighted by Gasteiger charge is 2.26. The Morgan fingerprint density at radius 1 is 1.18 bits per heavy atom. The van der Waals surface area contributed by atoms with E-state index in [0.717, 1.165) is 44.9 Å². The first-order valence-electron chi connectivity index (χ1n) is 7.23. The van der Waals surface area contributed by atoms with Crippen LogP contribution in [0.15, 0.2) is 11.3 Å². The number of Topliss-reactive ketones (excluding diaryl/α,β-unsaturated/α-hetero) is 1. The van der Waals surface area contributed by atoms with Crippen LogP contribution < -0.4 is 5.32 Å². The van der Waals surface area contributed by atoms with Gasteiger partial charge in [-0.2, -0.15) is 0 Å². The molecule has 17 heavy (non-hydrogen) atoms. The molecule has 1 atom stereocenters. The van der Waals surface area contributed by atoms with E-state index in [1.165, 1.54) is 17.7 Å². The van der Waals surface area contributed by atoms with Crippen LogP contribution >= 0.6 is 0 Å². The number of allylic oxidation sites excluding steroid dienone is 1. The average Bonchev–Trinajstić information content (AvgIpc) is 2.71. The summed E-state index contributed by atoms with van der Waals surface area (Å²) in [5.41, 5.74) is 2.87. The van der Waals surface area contributed by atoms with E-state index in [1.54, 1.807) is 0 Å². The highest BCUT2D eigenvalue weighted by Crippen LogP contribution is 2.27. The number of unbranched alkanes of at least 4 members (excludes halogenated alkanes) is 1. The molecule has 2 nitrogen and oxygen atoms in total. The Morgan fingerprint density at radius 2 is 1.88 bits per heavy atom. The maximum atomic E-state index is 12.0. The lowest BCUT2D eigenvalue weighted by atomic mass is 9.99. The predicted octanol–water partition coefficient (Wildman–Crippen LogP) is 3.96. The van der Waals surface area contributed by atoms with E-state index in [1.807, 2.05) is 0 Å². The van der Waals surface area contributed by atoms with Gasteiger partial charge in [0.05, 0.1) is 6.04 Å². The zero-order chi connectivity index (χ0) is 12.7. The molecule has 1 N–H and O–H groups in total. The smallest absolute Gasteiger partial charge is 0.155 e. The molecule has 0 saturated heterocycles. The van der Waals surface area contributed by atoms with E-state index < -0.39 is 0 Å². The molecule has 0 bridgehead atoms. The number of hydrogen-bond donors (Lipinski definition) is 1. The topological polar surface area (TPSA) is 29.1 Å². The van der Waals surface area contributed by atoms with Gasteiger partial charge >= 0.3 is 0 Å². The van der Waals surface area contributed by atoms with Crippen molar-refractivity contribution in [3.8, 4) is 0 Å². The van der Waals surface area contributed by atoms with Gasteiger partial charge in [-0.25, -0.2) is 0 Å². The molecule has 0 saturated carbocycles.